The minimum Gasteiger partial charge on any atom is -0.363 e. The number of likely N-dealkylation sites (N-methyl/N-ethyl adjacent to an activating group) is 2. The lowest BCUT2D eigenvalue weighted by Crippen LogP contribution is -2.70. The maximum atomic E-state index is 13.1. The fraction of sp³-hybridized carbons (Fsp3) is 0.273. The van der Waals surface area contributed by atoms with Gasteiger partial charge < -0.3 is 19.9 Å². The first-order valence-electron chi connectivity index (χ1n) is 9.28. The number of hydrogen-bond acceptors (Lipinski definition) is 3. The first-order chi connectivity index (χ1) is 13.4. The molecule has 0 aliphatic carbocycles. The number of fused-ring (bicyclic) bond motifs is 1. The third kappa shape index (κ3) is 2.86. The molecule has 0 saturated carbocycles. The van der Waals surface area contributed by atoms with Crippen LogP contribution in [-0.4, -0.2) is 57.6 Å². The Hall–Kier alpha value is -3.12. The van der Waals surface area contributed by atoms with E-state index in [1.807, 2.05) is 60.8 Å². The fourth-order valence-corrected chi connectivity index (χ4v) is 3.95. The first-order valence-corrected chi connectivity index (χ1v) is 9.28. The summed E-state index contributed by atoms with van der Waals surface area (Å²) in [5, 5.41) is 12.2. The fourth-order valence-electron chi connectivity index (χ4n) is 3.95. The highest BCUT2D eigenvalue weighted by Crippen LogP contribution is 2.29. The van der Waals surface area contributed by atoms with Crippen molar-refractivity contribution in [2.45, 2.75) is 24.6 Å². The van der Waals surface area contributed by atoms with E-state index in [4.69, 9.17) is 0 Å². The number of aromatic nitrogens is 1. The molecule has 2 aromatic carbocycles. The average molecular weight is 377 g/mol. The zero-order chi connectivity index (χ0) is 19.9. The molecule has 1 saturated heterocycles. The third-order valence-corrected chi connectivity index (χ3v) is 5.68. The molecule has 1 fully saturated rings. The van der Waals surface area contributed by atoms with Gasteiger partial charge in [-0.3, -0.25) is 9.59 Å². The summed E-state index contributed by atoms with van der Waals surface area (Å²) >= 11 is 0. The average Bonchev–Trinajstić information content (AvgIpc) is 3.12. The van der Waals surface area contributed by atoms with E-state index in [2.05, 4.69) is 4.98 Å². The number of benzene rings is 2. The summed E-state index contributed by atoms with van der Waals surface area (Å²) in [6.07, 6.45) is 2.32. The van der Waals surface area contributed by atoms with Crippen molar-refractivity contribution in [2.24, 2.45) is 0 Å². The van der Waals surface area contributed by atoms with Gasteiger partial charge in [0, 0.05) is 44.0 Å². The van der Waals surface area contributed by atoms with Crippen molar-refractivity contribution < 1.29 is 14.7 Å². The minimum absolute atomic E-state index is 0.0546. The number of H-pyrrole nitrogens is 1. The molecule has 2 N–H and O–H groups in total. The molecule has 2 unspecified atom stereocenters. The standard InChI is InChI=1S/C22H23N3O3/c1-24-19(12-16-14-23-18-11-7-6-10-17(16)18)20(26)25(2)22(28,21(24)27)13-15-8-4-3-5-9-15/h3-11,14,19,23,28H,12-13H2,1-2H3. The molecule has 28 heavy (non-hydrogen) atoms. The van der Waals surface area contributed by atoms with Crippen molar-refractivity contribution in [2.75, 3.05) is 14.1 Å². The third-order valence-electron chi connectivity index (χ3n) is 5.68. The van der Waals surface area contributed by atoms with E-state index >= 15 is 0 Å². The SMILES string of the molecule is CN1C(=O)C(O)(Cc2ccccc2)N(C)C(=O)C1Cc1c[nH]c2ccccc12. The smallest absolute Gasteiger partial charge is 0.276 e. The van der Waals surface area contributed by atoms with Crippen molar-refractivity contribution in [3.63, 3.8) is 0 Å². The lowest BCUT2D eigenvalue weighted by Gasteiger charge is -2.47. The Kier molecular flexibility index (Phi) is 4.43. The maximum absolute atomic E-state index is 13.1. The van der Waals surface area contributed by atoms with Gasteiger partial charge in [0.15, 0.2) is 0 Å². The second-order valence-electron chi connectivity index (χ2n) is 7.37. The Balaban J connectivity index is 1.62. The van der Waals surface area contributed by atoms with Gasteiger partial charge in [0.2, 0.25) is 11.6 Å². The van der Waals surface area contributed by atoms with Gasteiger partial charge in [0.1, 0.15) is 6.04 Å². The van der Waals surface area contributed by atoms with E-state index in [1.54, 1.807) is 7.05 Å². The molecule has 2 atom stereocenters. The van der Waals surface area contributed by atoms with Crippen LogP contribution in [0.15, 0.2) is 60.8 Å². The summed E-state index contributed by atoms with van der Waals surface area (Å²) in [5.74, 6) is -0.742. The summed E-state index contributed by atoms with van der Waals surface area (Å²) in [6.45, 7) is 0. The summed E-state index contributed by atoms with van der Waals surface area (Å²) in [5.41, 5.74) is 0.866. The number of amides is 2. The highest BCUT2D eigenvalue weighted by molar-refractivity contribution is 5.99. The first kappa shape index (κ1) is 18.3. The molecule has 2 amide bonds. The van der Waals surface area contributed by atoms with Crippen molar-refractivity contribution in [3.8, 4) is 0 Å². The van der Waals surface area contributed by atoms with Crippen molar-refractivity contribution >= 4 is 22.7 Å². The van der Waals surface area contributed by atoms with Crippen LogP contribution in [0.2, 0.25) is 0 Å². The van der Waals surface area contributed by atoms with Crippen LogP contribution in [0.25, 0.3) is 10.9 Å². The normalized spacial score (nSPS) is 22.9. The van der Waals surface area contributed by atoms with E-state index in [1.165, 1.54) is 16.8 Å². The molecule has 4 rings (SSSR count). The van der Waals surface area contributed by atoms with Crippen LogP contribution in [0.4, 0.5) is 0 Å². The minimum atomic E-state index is -1.89. The van der Waals surface area contributed by atoms with Gasteiger partial charge in [-0.25, -0.2) is 0 Å². The quantitative estimate of drug-likeness (QED) is 0.730. The van der Waals surface area contributed by atoms with Gasteiger partial charge in [-0.05, 0) is 17.2 Å². The number of carbonyl (C=O) groups is 2. The van der Waals surface area contributed by atoms with Crippen molar-refractivity contribution in [3.05, 3.63) is 71.9 Å². The number of nitrogens with zero attached hydrogens (tertiary/aromatic N) is 2. The molecule has 144 valence electrons. The molecule has 0 radical (unpaired) electrons. The Morgan fingerprint density at radius 1 is 1.04 bits per heavy atom. The Bertz CT molecular complexity index is 1030. The zero-order valence-electron chi connectivity index (χ0n) is 15.9. The van der Waals surface area contributed by atoms with Crippen LogP contribution in [0, 0.1) is 0 Å². The van der Waals surface area contributed by atoms with Crippen LogP contribution >= 0.6 is 0 Å². The van der Waals surface area contributed by atoms with Gasteiger partial charge in [0.25, 0.3) is 5.91 Å². The second kappa shape index (κ2) is 6.80. The van der Waals surface area contributed by atoms with Crippen LogP contribution in [-0.2, 0) is 22.4 Å². The Morgan fingerprint density at radius 3 is 2.46 bits per heavy atom. The topological polar surface area (TPSA) is 76.6 Å². The molecular formula is C22H23N3O3. The van der Waals surface area contributed by atoms with Gasteiger partial charge in [-0.15, -0.1) is 0 Å². The van der Waals surface area contributed by atoms with Gasteiger partial charge in [-0.1, -0.05) is 48.5 Å². The number of nitrogens with one attached hydrogen (secondary N) is 1. The highest BCUT2D eigenvalue weighted by Gasteiger charge is 2.52. The van der Waals surface area contributed by atoms with E-state index < -0.39 is 17.7 Å². The summed E-state index contributed by atoms with van der Waals surface area (Å²) in [7, 11) is 3.08. The number of aromatic amines is 1. The zero-order valence-corrected chi connectivity index (χ0v) is 15.9. The van der Waals surface area contributed by atoms with Gasteiger partial charge in [0.05, 0.1) is 0 Å². The van der Waals surface area contributed by atoms with Crippen LogP contribution in [0.1, 0.15) is 11.1 Å². The number of carbonyl (C=O) groups excluding carboxylic acids is 2. The molecule has 0 bridgehead atoms. The van der Waals surface area contributed by atoms with E-state index in [9.17, 15) is 14.7 Å². The summed E-state index contributed by atoms with van der Waals surface area (Å²) in [4.78, 5) is 32.0. The molecule has 3 aromatic rings. The maximum Gasteiger partial charge on any atom is 0.276 e. The van der Waals surface area contributed by atoms with E-state index in [0.29, 0.717) is 6.42 Å². The van der Waals surface area contributed by atoms with Crippen LogP contribution in [0.3, 0.4) is 0 Å². The van der Waals surface area contributed by atoms with Gasteiger partial charge >= 0.3 is 0 Å². The lowest BCUT2D eigenvalue weighted by atomic mass is 9.92. The second-order valence-corrected chi connectivity index (χ2v) is 7.37. The Morgan fingerprint density at radius 2 is 1.71 bits per heavy atom. The molecule has 2 heterocycles. The number of rotatable bonds is 4. The molecule has 0 spiro atoms. The lowest BCUT2D eigenvalue weighted by molar-refractivity contribution is -0.194. The van der Waals surface area contributed by atoms with E-state index in [-0.39, 0.29) is 12.3 Å². The number of para-hydroxylation sites is 1. The summed E-state index contributed by atoms with van der Waals surface area (Å²) < 4.78 is 0. The number of piperazine rings is 1. The molecule has 1 aliphatic rings. The monoisotopic (exact) mass is 377 g/mol. The molecule has 1 aliphatic heterocycles. The largest absolute Gasteiger partial charge is 0.363 e. The number of hydrogen-bond donors (Lipinski definition) is 2. The Labute approximate surface area is 163 Å². The molecule has 6 heteroatoms. The predicted octanol–water partition coefficient (Wildman–Crippen LogP) is 1.94. The van der Waals surface area contributed by atoms with Crippen molar-refractivity contribution in [1.29, 1.82) is 0 Å². The highest BCUT2D eigenvalue weighted by atomic mass is 16.3. The molecule has 6 nitrogen and oxygen atoms in total. The van der Waals surface area contributed by atoms with Crippen LogP contribution < -0.4 is 0 Å². The van der Waals surface area contributed by atoms with Gasteiger partial charge in [-0.2, -0.15) is 0 Å². The predicted molar refractivity (Wildman–Crippen MR) is 106 cm³/mol. The van der Waals surface area contributed by atoms with E-state index in [0.717, 1.165) is 22.0 Å². The summed E-state index contributed by atoms with van der Waals surface area (Å²) in [6, 6.07) is 16.4. The molecule has 1 aromatic heterocycles. The van der Waals surface area contributed by atoms with Crippen LogP contribution in [0.5, 0.6) is 0 Å². The molecular weight excluding hydrogens is 354 g/mol. The number of aliphatic hydroxyl groups is 1. The van der Waals surface area contributed by atoms with Crippen molar-refractivity contribution in [1.82, 2.24) is 14.8 Å².